The first kappa shape index (κ1) is 16.9. The van der Waals surface area contributed by atoms with Crippen LogP contribution in [0.3, 0.4) is 0 Å². The summed E-state index contributed by atoms with van der Waals surface area (Å²) in [7, 11) is -3.75. The van der Waals surface area contributed by atoms with Crippen LogP contribution in [-0.2, 0) is 10.0 Å². The first-order chi connectivity index (χ1) is 10.3. The Hall–Kier alpha value is -1.43. The van der Waals surface area contributed by atoms with Gasteiger partial charge in [-0.05, 0) is 50.2 Å². The molecule has 0 aromatic heterocycles. The Morgan fingerprint density at radius 2 is 1.68 bits per heavy atom. The van der Waals surface area contributed by atoms with Crippen LogP contribution in [0.1, 0.15) is 13.8 Å². The van der Waals surface area contributed by atoms with Gasteiger partial charge in [0.2, 0.25) is 0 Å². The van der Waals surface area contributed by atoms with Crippen LogP contribution in [0, 0.1) is 0 Å². The molecule has 0 bridgehead atoms. The second-order valence-corrected chi connectivity index (χ2v) is 7.31. The third kappa shape index (κ3) is 4.06. The van der Waals surface area contributed by atoms with Crippen molar-refractivity contribution in [3.05, 3.63) is 52.5 Å². The van der Waals surface area contributed by atoms with Gasteiger partial charge in [0, 0.05) is 0 Å². The number of anilines is 1. The molecule has 118 valence electrons. The van der Waals surface area contributed by atoms with E-state index < -0.39 is 10.0 Å². The van der Waals surface area contributed by atoms with E-state index in [9.17, 15) is 8.42 Å². The topological polar surface area (TPSA) is 55.4 Å². The average Bonchev–Trinajstić information content (AvgIpc) is 2.44. The lowest BCUT2D eigenvalue weighted by atomic mass is 10.3. The Kier molecular flexibility index (Phi) is 5.21. The summed E-state index contributed by atoms with van der Waals surface area (Å²) in [4.78, 5) is 0.111. The highest BCUT2D eigenvalue weighted by Crippen LogP contribution is 2.31. The number of nitrogens with one attached hydrogen (secondary N) is 1. The molecule has 0 amide bonds. The van der Waals surface area contributed by atoms with Gasteiger partial charge >= 0.3 is 0 Å². The predicted octanol–water partition coefficient (Wildman–Crippen LogP) is 4.58. The van der Waals surface area contributed by atoms with E-state index >= 15 is 0 Å². The van der Waals surface area contributed by atoms with Crippen LogP contribution < -0.4 is 9.46 Å². The van der Waals surface area contributed by atoms with Crippen molar-refractivity contribution in [2.45, 2.75) is 24.8 Å². The average molecular weight is 360 g/mol. The number of halogens is 2. The minimum absolute atomic E-state index is 0.0193. The lowest BCUT2D eigenvalue weighted by Crippen LogP contribution is -2.13. The molecule has 2 aromatic carbocycles. The second-order valence-electron chi connectivity index (χ2n) is 4.84. The molecule has 0 radical (unpaired) electrons. The van der Waals surface area contributed by atoms with Gasteiger partial charge in [0.05, 0.1) is 26.7 Å². The number of hydrogen-bond acceptors (Lipinski definition) is 3. The molecule has 22 heavy (non-hydrogen) atoms. The van der Waals surface area contributed by atoms with Crippen molar-refractivity contribution in [3.8, 4) is 5.75 Å². The highest BCUT2D eigenvalue weighted by Gasteiger charge is 2.16. The third-order valence-corrected chi connectivity index (χ3v) is 4.90. The maximum atomic E-state index is 12.3. The monoisotopic (exact) mass is 359 g/mol. The molecule has 0 aliphatic carbocycles. The second kappa shape index (κ2) is 6.77. The first-order valence-electron chi connectivity index (χ1n) is 6.53. The van der Waals surface area contributed by atoms with Crippen molar-refractivity contribution in [3.63, 3.8) is 0 Å². The normalized spacial score (nSPS) is 11.5. The number of benzene rings is 2. The number of rotatable bonds is 5. The zero-order chi connectivity index (χ0) is 16.3. The minimum Gasteiger partial charge on any atom is -0.491 e. The quantitative estimate of drug-likeness (QED) is 0.849. The third-order valence-electron chi connectivity index (χ3n) is 2.70. The molecule has 0 aliphatic rings. The molecule has 4 nitrogen and oxygen atoms in total. The van der Waals surface area contributed by atoms with E-state index in [2.05, 4.69) is 4.72 Å². The van der Waals surface area contributed by atoms with Crippen LogP contribution in [0.15, 0.2) is 47.4 Å². The lowest BCUT2D eigenvalue weighted by Gasteiger charge is -2.12. The van der Waals surface area contributed by atoms with Crippen molar-refractivity contribution in [1.29, 1.82) is 0 Å². The summed E-state index contributed by atoms with van der Waals surface area (Å²) in [6, 6.07) is 10.9. The summed E-state index contributed by atoms with van der Waals surface area (Å²) in [6.45, 7) is 3.79. The molecule has 0 unspecified atom stereocenters. The number of hydrogen-bond donors (Lipinski definition) is 1. The minimum atomic E-state index is -3.75. The van der Waals surface area contributed by atoms with Crippen LogP contribution >= 0.6 is 23.2 Å². The van der Waals surface area contributed by atoms with Gasteiger partial charge in [-0.15, -0.1) is 0 Å². The lowest BCUT2D eigenvalue weighted by molar-refractivity contribution is 0.242. The zero-order valence-electron chi connectivity index (χ0n) is 12.0. The molecule has 1 N–H and O–H groups in total. The van der Waals surface area contributed by atoms with E-state index in [1.165, 1.54) is 12.1 Å². The highest BCUT2D eigenvalue weighted by molar-refractivity contribution is 7.92. The van der Waals surface area contributed by atoms with Gasteiger partial charge in [-0.3, -0.25) is 4.72 Å². The fraction of sp³-hybridized carbons (Fsp3) is 0.200. The molecule has 0 saturated carbocycles. The van der Waals surface area contributed by atoms with Gasteiger partial charge in [-0.25, -0.2) is 8.42 Å². The van der Waals surface area contributed by atoms with Gasteiger partial charge in [0.25, 0.3) is 10.0 Å². The molecule has 0 saturated heterocycles. The van der Waals surface area contributed by atoms with E-state index in [0.29, 0.717) is 5.75 Å². The van der Waals surface area contributed by atoms with E-state index in [4.69, 9.17) is 27.9 Å². The summed E-state index contributed by atoms with van der Waals surface area (Å²) >= 11 is 11.9. The van der Waals surface area contributed by atoms with Gasteiger partial charge in [0.15, 0.2) is 0 Å². The SMILES string of the molecule is CC(C)Oc1ccc(S(=O)(=O)Nc2cccc(Cl)c2Cl)cc1. The Labute approximate surface area is 140 Å². The van der Waals surface area contributed by atoms with Crippen LogP contribution in [0.2, 0.25) is 10.0 Å². The standard InChI is InChI=1S/C15H15Cl2NO3S/c1-10(2)21-11-6-8-12(9-7-11)22(19,20)18-14-5-3-4-13(16)15(14)17/h3-10,18H,1-2H3. The van der Waals surface area contributed by atoms with Crippen molar-refractivity contribution in [2.75, 3.05) is 4.72 Å². The van der Waals surface area contributed by atoms with E-state index in [-0.39, 0.29) is 26.7 Å². The number of ether oxygens (including phenoxy) is 1. The largest absolute Gasteiger partial charge is 0.491 e. The highest BCUT2D eigenvalue weighted by atomic mass is 35.5. The molecule has 0 spiro atoms. The Bertz CT molecular complexity index is 759. The molecule has 0 fully saturated rings. The smallest absolute Gasteiger partial charge is 0.261 e. The summed E-state index contributed by atoms with van der Waals surface area (Å²) < 4.78 is 32.6. The van der Waals surface area contributed by atoms with Gasteiger partial charge < -0.3 is 4.74 Å². The van der Waals surface area contributed by atoms with Crippen molar-refractivity contribution in [1.82, 2.24) is 0 Å². The summed E-state index contributed by atoms with van der Waals surface area (Å²) in [6.07, 6.45) is 0.0193. The molecular weight excluding hydrogens is 345 g/mol. The van der Waals surface area contributed by atoms with Gasteiger partial charge in [-0.1, -0.05) is 29.3 Å². The zero-order valence-corrected chi connectivity index (χ0v) is 14.3. The molecule has 2 rings (SSSR count). The van der Waals surface area contributed by atoms with Crippen LogP contribution in [0.5, 0.6) is 5.75 Å². The van der Waals surface area contributed by atoms with E-state index in [0.717, 1.165) is 0 Å². The van der Waals surface area contributed by atoms with Gasteiger partial charge in [-0.2, -0.15) is 0 Å². The van der Waals surface area contributed by atoms with Crippen molar-refractivity contribution in [2.24, 2.45) is 0 Å². The van der Waals surface area contributed by atoms with E-state index in [1.807, 2.05) is 13.8 Å². The fourth-order valence-electron chi connectivity index (χ4n) is 1.76. The van der Waals surface area contributed by atoms with Crippen LogP contribution in [-0.4, -0.2) is 14.5 Å². The number of sulfonamides is 1. The predicted molar refractivity (Wildman–Crippen MR) is 89.5 cm³/mol. The maximum absolute atomic E-state index is 12.3. The van der Waals surface area contributed by atoms with Crippen LogP contribution in [0.25, 0.3) is 0 Å². The Morgan fingerprint density at radius 1 is 1.05 bits per heavy atom. The molecule has 0 aliphatic heterocycles. The summed E-state index contributed by atoms with van der Waals surface area (Å²) in [5, 5.41) is 0.440. The summed E-state index contributed by atoms with van der Waals surface area (Å²) in [5.41, 5.74) is 0.233. The van der Waals surface area contributed by atoms with Crippen LogP contribution in [0.4, 0.5) is 5.69 Å². The maximum Gasteiger partial charge on any atom is 0.261 e. The molecule has 0 atom stereocenters. The molecule has 0 heterocycles. The first-order valence-corrected chi connectivity index (χ1v) is 8.77. The van der Waals surface area contributed by atoms with E-state index in [1.54, 1.807) is 30.3 Å². The molecular formula is C15H15Cl2NO3S. The molecule has 2 aromatic rings. The Balaban J connectivity index is 2.25. The molecule has 7 heteroatoms. The Morgan fingerprint density at radius 3 is 2.27 bits per heavy atom. The fourth-order valence-corrected chi connectivity index (χ4v) is 3.23. The van der Waals surface area contributed by atoms with Crippen molar-refractivity contribution < 1.29 is 13.2 Å². The van der Waals surface area contributed by atoms with Crippen molar-refractivity contribution >= 4 is 38.9 Å². The van der Waals surface area contributed by atoms with Gasteiger partial charge in [0.1, 0.15) is 5.75 Å². The summed E-state index contributed by atoms with van der Waals surface area (Å²) in [5.74, 6) is 0.606.